The highest BCUT2D eigenvalue weighted by molar-refractivity contribution is 7.89. The molecule has 0 radical (unpaired) electrons. The fraction of sp³-hybridized carbons (Fsp3) is 0.500. The van der Waals surface area contributed by atoms with Crippen molar-refractivity contribution in [3.63, 3.8) is 0 Å². The molecule has 1 aliphatic rings. The van der Waals surface area contributed by atoms with Crippen LogP contribution in [-0.4, -0.2) is 62.9 Å². The first-order valence-electron chi connectivity index (χ1n) is 6.13. The molecule has 0 spiro atoms. The number of hydrazine groups is 1. The van der Waals surface area contributed by atoms with Crippen molar-refractivity contribution >= 4 is 25.9 Å². The van der Waals surface area contributed by atoms with Crippen molar-refractivity contribution in [2.24, 2.45) is 5.84 Å². The number of aromatic nitrogens is 1. The Kier molecular flexibility index (Phi) is 4.49. The van der Waals surface area contributed by atoms with Gasteiger partial charge in [-0.1, -0.05) is 0 Å². The molecular weight excluding hydrogens is 318 g/mol. The Bertz CT molecular complexity index is 711. The second kappa shape index (κ2) is 5.85. The number of rotatable bonds is 4. The molecule has 0 saturated carbocycles. The number of nitrogens with zero attached hydrogens (tertiary/aromatic N) is 3. The molecular formula is C10H17N5O4S2. The van der Waals surface area contributed by atoms with Crippen LogP contribution in [0.5, 0.6) is 0 Å². The summed E-state index contributed by atoms with van der Waals surface area (Å²) in [5, 5.41) is 0. The van der Waals surface area contributed by atoms with E-state index < -0.39 is 20.0 Å². The first kappa shape index (κ1) is 16.1. The molecule has 118 valence electrons. The predicted molar refractivity (Wildman–Crippen MR) is 77.2 cm³/mol. The van der Waals surface area contributed by atoms with Crippen LogP contribution in [0.25, 0.3) is 0 Å². The molecule has 11 heteroatoms. The Hall–Kier alpha value is -1.27. The summed E-state index contributed by atoms with van der Waals surface area (Å²) in [4.78, 5) is 3.92. The van der Waals surface area contributed by atoms with E-state index in [2.05, 4.69) is 10.4 Å². The Labute approximate surface area is 123 Å². The molecule has 1 aromatic rings. The van der Waals surface area contributed by atoms with E-state index in [-0.39, 0.29) is 36.9 Å². The Balaban J connectivity index is 2.18. The van der Waals surface area contributed by atoms with Gasteiger partial charge in [0.2, 0.25) is 20.0 Å². The van der Waals surface area contributed by atoms with Crippen molar-refractivity contribution in [2.75, 3.05) is 37.9 Å². The van der Waals surface area contributed by atoms with Crippen LogP contribution in [0.2, 0.25) is 0 Å². The van der Waals surface area contributed by atoms with E-state index in [4.69, 9.17) is 5.84 Å². The van der Waals surface area contributed by atoms with Gasteiger partial charge in [-0.25, -0.2) is 27.7 Å². The summed E-state index contributed by atoms with van der Waals surface area (Å²) in [5.41, 5.74) is 2.29. The minimum atomic E-state index is -3.69. The normalized spacial score (nSPS) is 18.6. The number of piperazine rings is 1. The van der Waals surface area contributed by atoms with Gasteiger partial charge < -0.3 is 5.43 Å². The lowest BCUT2D eigenvalue weighted by atomic mass is 10.4. The van der Waals surface area contributed by atoms with Gasteiger partial charge in [0.25, 0.3) is 0 Å². The third kappa shape index (κ3) is 3.49. The lowest BCUT2D eigenvalue weighted by molar-refractivity contribution is 0.274. The molecule has 1 saturated heterocycles. The van der Waals surface area contributed by atoms with Gasteiger partial charge in [0.1, 0.15) is 5.82 Å². The van der Waals surface area contributed by atoms with Crippen LogP contribution in [0.4, 0.5) is 5.82 Å². The van der Waals surface area contributed by atoms with E-state index in [0.717, 1.165) is 6.26 Å². The van der Waals surface area contributed by atoms with E-state index in [1.54, 1.807) is 0 Å². The van der Waals surface area contributed by atoms with Gasteiger partial charge in [-0.3, -0.25) is 0 Å². The SMILES string of the molecule is CS(=O)(=O)N1CCN(S(=O)(=O)c2ccnc(NN)c2)CC1. The van der Waals surface area contributed by atoms with Crippen LogP contribution in [0.3, 0.4) is 0 Å². The van der Waals surface area contributed by atoms with Crippen LogP contribution >= 0.6 is 0 Å². The van der Waals surface area contributed by atoms with Gasteiger partial charge in [-0.15, -0.1) is 0 Å². The predicted octanol–water partition coefficient (Wildman–Crippen LogP) is -1.37. The van der Waals surface area contributed by atoms with Gasteiger partial charge in [0.05, 0.1) is 11.2 Å². The maximum atomic E-state index is 12.5. The molecule has 1 aliphatic heterocycles. The highest BCUT2D eigenvalue weighted by Crippen LogP contribution is 2.19. The van der Waals surface area contributed by atoms with Crippen LogP contribution in [-0.2, 0) is 20.0 Å². The molecule has 0 aliphatic carbocycles. The van der Waals surface area contributed by atoms with Crippen molar-refractivity contribution in [3.05, 3.63) is 18.3 Å². The zero-order chi connectivity index (χ0) is 15.7. The maximum absolute atomic E-state index is 12.5. The van der Waals surface area contributed by atoms with Crippen LogP contribution < -0.4 is 11.3 Å². The molecule has 9 nitrogen and oxygen atoms in total. The molecule has 21 heavy (non-hydrogen) atoms. The zero-order valence-corrected chi connectivity index (χ0v) is 13.1. The summed E-state index contributed by atoms with van der Waals surface area (Å²) in [5.74, 6) is 5.45. The topological polar surface area (TPSA) is 126 Å². The van der Waals surface area contributed by atoms with E-state index in [1.165, 1.54) is 26.9 Å². The van der Waals surface area contributed by atoms with Crippen molar-refractivity contribution in [1.82, 2.24) is 13.6 Å². The van der Waals surface area contributed by atoms with Gasteiger partial charge in [-0.2, -0.15) is 8.61 Å². The molecule has 3 N–H and O–H groups in total. The van der Waals surface area contributed by atoms with E-state index in [1.807, 2.05) is 0 Å². The van der Waals surface area contributed by atoms with Crippen molar-refractivity contribution < 1.29 is 16.8 Å². The number of nitrogens with two attached hydrogens (primary N) is 1. The summed E-state index contributed by atoms with van der Waals surface area (Å²) in [6, 6.07) is 2.71. The average molecular weight is 335 g/mol. The number of hydrogen-bond donors (Lipinski definition) is 2. The monoisotopic (exact) mass is 335 g/mol. The first-order chi connectivity index (χ1) is 9.75. The Morgan fingerprint density at radius 2 is 1.71 bits per heavy atom. The summed E-state index contributed by atoms with van der Waals surface area (Å²) >= 11 is 0. The summed E-state index contributed by atoms with van der Waals surface area (Å²) in [7, 11) is -6.98. The molecule has 2 rings (SSSR count). The van der Waals surface area contributed by atoms with Crippen molar-refractivity contribution in [1.29, 1.82) is 0 Å². The molecule has 2 heterocycles. The van der Waals surface area contributed by atoms with E-state index >= 15 is 0 Å². The smallest absolute Gasteiger partial charge is 0.243 e. The van der Waals surface area contributed by atoms with Gasteiger partial charge in [0.15, 0.2) is 0 Å². The number of sulfonamides is 2. The summed E-state index contributed by atoms with van der Waals surface area (Å²) < 4.78 is 50.3. The molecule has 0 unspecified atom stereocenters. The molecule has 0 amide bonds. The first-order valence-corrected chi connectivity index (χ1v) is 9.42. The molecule has 0 bridgehead atoms. The number of pyridine rings is 1. The maximum Gasteiger partial charge on any atom is 0.243 e. The van der Waals surface area contributed by atoms with Crippen molar-refractivity contribution in [3.8, 4) is 0 Å². The van der Waals surface area contributed by atoms with Gasteiger partial charge in [-0.05, 0) is 6.07 Å². The number of hydrogen-bond acceptors (Lipinski definition) is 7. The van der Waals surface area contributed by atoms with E-state index in [0.29, 0.717) is 0 Å². The summed E-state index contributed by atoms with van der Waals surface area (Å²) in [6.45, 7) is 0.516. The largest absolute Gasteiger partial charge is 0.308 e. The number of nitrogen functional groups attached to an aromatic ring is 1. The highest BCUT2D eigenvalue weighted by Gasteiger charge is 2.31. The van der Waals surface area contributed by atoms with Crippen LogP contribution in [0, 0.1) is 0 Å². The van der Waals surface area contributed by atoms with Gasteiger partial charge in [0, 0.05) is 38.4 Å². The van der Waals surface area contributed by atoms with E-state index in [9.17, 15) is 16.8 Å². The lowest BCUT2D eigenvalue weighted by Gasteiger charge is -2.32. The lowest BCUT2D eigenvalue weighted by Crippen LogP contribution is -2.50. The van der Waals surface area contributed by atoms with Gasteiger partial charge >= 0.3 is 0 Å². The third-order valence-electron chi connectivity index (χ3n) is 3.18. The van der Waals surface area contributed by atoms with Crippen molar-refractivity contribution in [2.45, 2.75) is 4.90 Å². The highest BCUT2D eigenvalue weighted by atomic mass is 32.2. The molecule has 1 fully saturated rings. The molecule has 0 aromatic carbocycles. The second-order valence-electron chi connectivity index (χ2n) is 4.59. The fourth-order valence-electron chi connectivity index (χ4n) is 2.04. The van der Waals surface area contributed by atoms with Crippen LogP contribution in [0.15, 0.2) is 23.2 Å². The fourth-order valence-corrected chi connectivity index (χ4v) is 4.30. The Morgan fingerprint density at radius 1 is 1.14 bits per heavy atom. The third-order valence-corrected chi connectivity index (χ3v) is 6.38. The average Bonchev–Trinajstić information content (AvgIpc) is 2.46. The zero-order valence-electron chi connectivity index (χ0n) is 11.4. The molecule has 0 atom stereocenters. The summed E-state index contributed by atoms with van der Waals surface area (Å²) in [6.07, 6.45) is 2.45. The number of nitrogens with one attached hydrogen (secondary N) is 1. The Morgan fingerprint density at radius 3 is 2.24 bits per heavy atom. The minimum absolute atomic E-state index is 0.0678. The standard InChI is InChI=1S/C10H17N5O4S2/c1-20(16,17)14-4-6-15(7-5-14)21(18,19)9-2-3-12-10(8-9)13-11/h2-3,8H,4-7,11H2,1H3,(H,12,13). The quantitative estimate of drug-likeness (QED) is 0.514. The minimum Gasteiger partial charge on any atom is -0.308 e. The second-order valence-corrected chi connectivity index (χ2v) is 8.51. The molecule has 1 aromatic heterocycles. The van der Waals surface area contributed by atoms with Crippen LogP contribution in [0.1, 0.15) is 0 Å². The number of anilines is 1.